The molecule has 2 aliphatic carbocycles. The number of imide groups is 2. The zero-order chi connectivity index (χ0) is 39.8. The van der Waals surface area contributed by atoms with Gasteiger partial charge >= 0.3 is 6.18 Å². The number of pyridine rings is 1. The van der Waals surface area contributed by atoms with E-state index in [4.69, 9.17) is 27.9 Å². The van der Waals surface area contributed by atoms with Gasteiger partial charge in [-0.3, -0.25) is 29.5 Å². The molecule has 10 nitrogen and oxygen atoms in total. The van der Waals surface area contributed by atoms with Crippen LogP contribution in [-0.4, -0.2) is 45.8 Å². The van der Waals surface area contributed by atoms with Crippen LogP contribution < -0.4 is 15.1 Å². The number of ether oxygens (including phenoxy) is 1. The first-order chi connectivity index (χ1) is 26.7. The Hall–Kier alpha value is -5.40. The summed E-state index contributed by atoms with van der Waals surface area (Å²) < 4.78 is 46.0. The van der Waals surface area contributed by atoms with Gasteiger partial charge in [0.15, 0.2) is 17.3 Å². The zero-order valence-corrected chi connectivity index (χ0v) is 31.3. The van der Waals surface area contributed by atoms with Crippen LogP contribution in [-0.2, 0) is 37.2 Å². The molecule has 288 valence electrons. The summed E-state index contributed by atoms with van der Waals surface area (Å²) in [5.74, 6) is -7.26. The lowest BCUT2D eigenvalue weighted by Gasteiger charge is -2.50. The standard InChI is InChI=1S/C41H33Cl2F3N4O6/c1-3-20-4-11-25(12-5-20)49-36(52)27-14-13-26-28(33(27)38(49)54)18-29-37(53)50(48-35-30(43)17-23(19-47-35)41(44,45)46)39(55)40(29,22-7-9-24(42)10-8-22)34(26)21-6-15-31(51)32(16-21)56-2/h4-13,15-17,19,27-29,33-34,51H,3,14,18H2,1-2H3,(H,47,48)/t27-,28+,29-,33-,34-,40+/m0/s1. The first kappa shape index (κ1) is 37.5. The zero-order valence-electron chi connectivity index (χ0n) is 29.8. The summed E-state index contributed by atoms with van der Waals surface area (Å²) in [7, 11) is 1.37. The van der Waals surface area contributed by atoms with Gasteiger partial charge in [-0.15, -0.1) is 0 Å². The van der Waals surface area contributed by atoms with E-state index in [9.17, 15) is 32.7 Å². The molecular weight excluding hydrogens is 772 g/mol. The summed E-state index contributed by atoms with van der Waals surface area (Å²) in [6.07, 6.45) is -1.44. The van der Waals surface area contributed by atoms with Crippen molar-refractivity contribution < 1.29 is 42.2 Å². The van der Waals surface area contributed by atoms with Crippen molar-refractivity contribution >= 4 is 58.3 Å². The number of phenolic OH excluding ortho intramolecular Hbond substituents is 1. The molecule has 3 fully saturated rings. The Morgan fingerprint density at radius 3 is 2.30 bits per heavy atom. The van der Waals surface area contributed by atoms with Gasteiger partial charge in [-0.25, -0.2) is 4.98 Å². The lowest BCUT2D eigenvalue weighted by atomic mass is 9.49. The molecule has 4 amide bonds. The van der Waals surface area contributed by atoms with Crippen LogP contribution in [0.3, 0.4) is 0 Å². The molecule has 4 aromatic rings. The normalized spacial score (nSPS) is 25.8. The number of alkyl halides is 3. The third-order valence-electron chi connectivity index (χ3n) is 11.7. The summed E-state index contributed by atoms with van der Waals surface area (Å²) in [5, 5.41) is 11.2. The van der Waals surface area contributed by atoms with Crippen LogP contribution in [0.15, 0.2) is 90.6 Å². The minimum atomic E-state index is -4.75. The Kier molecular flexibility index (Phi) is 9.15. The SMILES string of the molecule is CCc1ccc(N2C(=O)[C@H]3[C@H](CC=C4[C@H]3C[C@H]3C(=O)N(Nc5ncc(C(F)(F)F)cc5Cl)C(=O)[C@@]3(c3ccc(Cl)cc3)[C@H]4c3ccc(O)c(OC)c3)C2=O)cc1. The number of rotatable bonds is 7. The summed E-state index contributed by atoms with van der Waals surface area (Å²) >= 11 is 12.6. The fourth-order valence-electron chi connectivity index (χ4n) is 9.17. The van der Waals surface area contributed by atoms with Crippen LogP contribution in [0.1, 0.15) is 47.9 Å². The van der Waals surface area contributed by atoms with Gasteiger partial charge in [0.25, 0.3) is 11.8 Å². The minimum Gasteiger partial charge on any atom is -0.504 e. The molecule has 15 heteroatoms. The number of hydrazine groups is 1. The van der Waals surface area contributed by atoms with Gasteiger partial charge in [0, 0.05) is 17.1 Å². The van der Waals surface area contributed by atoms with Crippen LogP contribution in [0.2, 0.25) is 10.0 Å². The molecular formula is C41H33Cl2F3N4O6. The van der Waals surface area contributed by atoms with Crippen LogP contribution in [0.25, 0.3) is 0 Å². The number of hydrogen-bond donors (Lipinski definition) is 2. The molecule has 2 aliphatic heterocycles. The van der Waals surface area contributed by atoms with Crippen molar-refractivity contribution in [1.82, 2.24) is 9.99 Å². The number of methoxy groups -OCH3 is 1. The van der Waals surface area contributed by atoms with Gasteiger partial charge in [0.2, 0.25) is 11.8 Å². The number of aromatic nitrogens is 1. The Bertz CT molecular complexity index is 2340. The number of hydrogen-bond acceptors (Lipinski definition) is 8. The fourth-order valence-corrected chi connectivity index (χ4v) is 9.50. The quantitative estimate of drug-likeness (QED) is 0.143. The van der Waals surface area contributed by atoms with Crippen molar-refractivity contribution in [2.45, 2.75) is 43.7 Å². The van der Waals surface area contributed by atoms with Crippen LogP contribution in [0.5, 0.6) is 11.5 Å². The highest BCUT2D eigenvalue weighted by Gasteiger charge is 2.70. The molecule has 0 spiro atoms. The van der Waals surface area contributed by atoms with Crippen molar-refractivity contribution in [3.05, 3.63) is 123 Å². The molecule has 6 atom stereocenters. The Labute approximate surface area is 328 Å². The molecule has 4 aliphatic rings. The highest BCUT2D eigenvalue weighted by Crippen LogP contribution is 2.64. The van der Waals surface area contributed by atoms with E-state index in [1.807, 2.05) is 25.1 Å². The lowest BCUT2D eigenvalue weighted by Crippen LogP contribution is -2.53. The number of benzene rings is 3. The van der Waals surface area contributed by atoms with Crippen molar-refractivity contribution in [2.75, 3.05) is 17.4 Å². The van der Waals surface area contributed by atoms with Crippen molar-refractivity contribution in [3.63, 3.8) is 0 Å². The highest BCUT2D eigenvalue weighted by atomic mass is 35.5. The van der Waals surface area contributed by atoms with E-state index < -0.39 is 69.5 Å². The predicted octanol–water partition coefficient (Wildman–Crippen LogP) is 7.87. The summed E-state index contributed by atoms with van der Waals surface area (Å²) in [4.78, 5) is 63.9. The molecule has 2 saturated heterocycles. The average molecular weight is 806 g/mol. The number of aromatic hydroxyl groups is 1. The summed E-state index contributed by atoms with van der Waals surface area (Å²) in [6, 6.07) is 18.8. The van der Waals surface area contributed by atoms with Crippen LogP contribution in [0.4, 0.5) is 24.7 Å². The number of anilines is 2. The lowest BCUT2D eigenvalue weighted by molar-refractivity contribution is -0.139. The number of carbonyl (C=O) groups is 4. The topological polar surface area (TPSA) is 129 Å². The highest BCUT2D eigenvalue weighted by molar-refractivity contribution is 6.33. The maximum Gasteiger partial charge on any atom is 0.417 e. The van der Waals surface area contributed by atoms with Crippen LogP contribution >= 0.6 is 23.2 Å². The monoisotopic (exact) mass is 804 g/mol. The molecule has 3 aromatic carbocycles. The van der Waals surface area contributed by atoms with Gasteiger partial charge in [-0.2, -0.15) is 18.2 Å². The third-order valence-corrected chi connectivity index (χ3v) is 12.2. The van der Waals surface area contributed by atoms with E-state index in [1.165, 1.54) is 18.1 Å². The van der Waals surface area contributed by atoms with E-state index in [1.54, 1.807) is 48.5 Å². The molecule has 0 radical (unpaired) electrons. The molecule has 2 N–H and O–H groups in total. The number of allylic oxidation sites excluding steroid dienone is 2. The van der Waals surface area contributed by atoms with Crippen molar-refractivity contribution in [1.29, 1.82) is 0 Å². The number of aryl methyl sites for hydroxylation is 1. The second kappa shape index (κ2) is 13.7. The number of nitrogens with zero attached hydrogens (tertiary/aromatic N) is 3. The van der Waals surface area contributed by atoms with E-state index in [-0.39, 0.29) is 36.1 Å². The molecule has 0 unspecified atom stereocenters. The number of halogens is 5. The van der Waals surface area contributed by atoms with Crippen molar-refractivity contribution in [3.8, 4) is 11.5 Å². The van der Waals surface area contributed by atoms with Gasteiger partial charge < -0.3 is 9.84 Å². The average Bonchev–Trinajstić information content (AvgIpc) is 3.56. The van der Waals surface area contributed by atoms with Crippen LogP contribution in [0, 0.1) is 23.7 Å². The minimum absolute atomic E-state index is 0.0418. The fraction of sp³-hybridized carbons (Fsp3) is 0.293. The van der Waals surface area contributed by atoms with E-state index in [0.29, 0.717) is 39.7 Å². The molecule has 3 heterocycles. The molecule has 56 heavy (non-hydrogen) atoms. The van der Waals surface area contributed by atoms with E-state index in [2.05, 4.69) is 10.4 Å². The number of phenols is 1. The smallest absolute Gasteiger partial charge is 0.417 e. The Morgan fingerprint density at radius 1 is 0.946 bits per heavy atom. The molecule has 1 saturated carbocycles. The van der Waals surface area contributed by atoms with Gasteiger partial charge in [0.05, 0.1) is 46.6 Å². The summed E-state index contributed by atoms with van der Waals surface area (Å²) in [5.41, 5.74) is 2.71. The van der Waals surface area contributed by atoms with Gasteiger partial charge in [-0.05, 0) is 84.3 Å². The number of nitrogens with one attached hydrogen (secondary N) is 1. The maximum atomic E-state index is 15.3. The maximum absolute atomic E-state index is 15.3. The molecule has 1 aromatic heterocycles. The predicted molar refractivity (Wildman–Crippen MR) is 200 cm³/mol. The number of carbonyl (C=O) groups excluding carboxylic acids is 4. The second-order valence-electron chi connectivity index (χ2n) is 14.4. The molecule has 0 bridgehead atoms. The Morgan fingerprint density at radius 2 is 1.66 bits per heavy atom. The third kappa shape index (κ3) is 5.65. The molecule has 8 rings (SSSR count). The van der Waals surface area contributed by atoms with E-state index >= 15 is 4.79 Å². The Balaban J connectivity index is 1.31. The summed E-state index contributed by atoms with van der Waals surface area (Å²) in [6.45, 7) is 2.00. The van der Waals surface area contributed by atoms with Gasteiger partial charge in [-0.1, -0.05) is 72.1 Å². The first-order valence-corrected chi connectivity index (χ1v) is 18.6. The van der Waals surface area contributed by atoms with Gasteiger partial charge in [0.1, 0.15) is 0 Å². The largest absolute Gasteiger partial charge is 0.504 e. The first-order valence-electron chi connectivity index (χ1n) is 17.9. The second-order valence-corrected chi connectivity index (χ2v) is 15.2. The number of fused-ring (bicyclic) bond motifs is 4. The van der Waals surface area contributed by atoms with Crippen molar-refractivity contribution in [2.24, 2.45) is 23.7 Å². The number of amides is 4. The van der Waals surface area contributed by atoms with E-state index in [0.717, 1.165) is 17.0 Å².